The minimum atomic E-state index is -4.10. The van der Waals surface area contributed by atoms with Crippen LogP contribution in [0.25, 0.3) is 10.2 Å². The Bertz CT molecular complexity index is 1390. The maximum atomic E-state index is 12.7. The van der Waals surface area contributed by atoms with Crippen molar-refractivity contribution in [1.29, 1.82) is 0 Å². The maximum Gasteiger partial charge on any atom is 0.409 e. The van der Waals surface area contributed by atoms with Gasteiger partial charge in [-0.3, -0.25) is 9.59 Å². The van der Waals surface area contributed by atoms with Gasteiger partial charge < -0.3 is 28.6 Å². The number of ether oxygens (including phenoxy) is 3. The zero-order chi connectivity index (χ0) is 28.6. The van der Waals surface area contributed by atoms with Gasteiger partial charge in [-0.2, -0.15) is 4.99 Å². The first-order valence-electron chi connectivity index (χ1n) is 12.4. The number of fused-ring (bicyclic) bond motifs is 1. The molecule has 1 aliphatic rings. The van der Waals surface area contributed by atoms with Gasteiger partial charge >= 0.3 is 12.1 Å². The Labute approximate surface area is 229 Å². The van der Waals surface area contributed by atoms with E-state index in [4.69, 9.17) is 14.2 Å². The molecule has 39 heavy (non-hydrogen) atoms. The summed E-state index contributed by atoms with van der Waals surface area (Å²) in [7, 11) is -2.58. The quantitative estimate of drug-likeness (QED) is 0.367. The third-order valence-electron chi connectivity index (χ3n) is 5.78. The second-order valence-corrected chi connectivity index (χ2v) is 11.6. The molecule has 13 nitrogen and oxygen atoms in total. The SMILES string of the molecule is CCOC(=O)c1ccc2c(c1)sc(=NC(=O)CS(=O)(=O)CC(=O)N1CCN(C(=O)OCC)CC1)n2CCOC. The summed E-state index contributed by atoms with van der Waals surface area (Å²) in [5, 5.41) is 0. The monoisotopic (exact) mass is 584 g/mol. The van der Waals surface area contributed by atoms with Crippen molar-refractivity contribution in [3.63, 3.8) is 0 Å². The van der Waals surface area contributed by atoms with Crippen LogP contribution in [0.5, 0.6) is 0 Å². The van der Waals surface area contributed by atoms with Crippen LogP contribution >= 0.6 is 11.3 Å². The summed E-state index contributed by atoms with van der Waals surface area (Å²) in [5.74, 6) is -3.82. The first-order chi connectivity index (χ1) is 18.6. The molecule has 3 rings (SSSR count). The molecule has 0 bridgehead atoms. The van der Waals surface area contributed by atoms with Crippen molar-refractivity contribution >= 4 is 55.3 Å². The smallest absolute Gasteiger partial charge is 0.409 e. The first kappa shape index (κ1) is 30.2. The van der Waals surface area contributed by atoms with Gasteiger partial charge in [0.25, 0.3) is 5.91 Å². The summed E-state index contributed by atoms with van der Waals surface area (Å²) in [6.07, 6.45) is -0.481. The van der Waals surface area contributed by atoms with Crippen LogP contribution in [-0.2, 0) is 40.2 Å². The molecule has 0 spiro atoms. The predicted octanol–water partition coefficient (Wildman–Crippen LogP) is 0.669. The number of benzene rings is 1. The van der Waals surface area contributed by atoms with Gasteiger partial charge in [-0.1, -0.05) is 11.3 Å². The summed E-state index contributed by atoms with van der Waals surface area (Å²) < 4.78 is 42.8. The van der Waals surface area contributed by atoms with Crippen molar-refractivity contribution in [2.45, 2.75) is 20.4 Å². The van der Waals surface area contributed by atoms with Crippen LogP contribution < -0.4 is 4.80 Å². The molecule has 2 aromatic rings. The lowest BCUT2D eigenvalue weighted by molar-refractivity contribution is -0.130. The van der Waals surface area contributed by atoms with Crippen LogP contribution in [0.1, 0.15) is 24.2 Å². The Balaban J connectivity index is 1.72. The van der Waals surface area contributed by atoms with Crippen molar-refractivity contribution in [2.75, 3.05) is 64.6 Å². The van der Waals surface area contributed by atoms with E-state index in [-0.39, 0.29) is 44.2 Å². The third-order valence-corrected chi connectivity index (χ3v) is 8.19. The predicted molar refractivity (Wildman–Crippen MR) is 142 cm³/mol. The standard InChI is InChI=1S/C24H32N4O9S2/c1-4-36-22(31)17-6-7-18-19(14-17)38-23(28(18)12-13-35-3)25-20(29)15-39(33,34)16-21(30)26-8-10-27(11-9-26)24(32)37-5-2/h6-7,14H,4-5,8-13,15-16H2,1-3H3. The van der Waals surface area contributed by atoms with E-state index in [0.717, 1.165) is 11.3 Å². The van der Waals surface area contributed by atoms with E-state index in [1.807, 2.05) is 0 Å². The van der Waals surface area contributed by atoms with E-state index in [1.165, 1.54) is 16.9 Å². The number of piperazine rings is 1. The van der Waals surface area contributed by atoms with Crippen LogP contribution in [0.4, 0.5) is 4.79 Å². The van der Waals surface area contributed by atoms with Gasteiger partial charge in [-0.05, 0) is 32.0 Å². The number of methoxy groups -OCH3 is 1. The van der Waals surface area contributed by atoms with Crippen molar-refractivity contribution in [1.82, 2.24) is 14.4 Å². The molecule has 2 heterocycles. The molecule has 0 atom stereocenters. The number of hydrogen-bond acceptors (Lipinski definition) is 10. The van der Waals surface area contributed by atoms with Crippen molar-refractivity contribution in [2.24, 2.45) is 4.99 Å². The third kappa shape index (κ3) is 8.10. The molecule has 1 aliphatic heterocycles. The fourth-order valence-electron chi connectivity index (χ4n) is 3.91. The Morgan fingerprint density at radius 3 is 2.28 bits per heavy atom. The molecule has 1 saturated heterocycles. The number of amides is 3. The molecule has 0 N–H and O–H groups in total. The molecule has 0 saturated carbocycles. The molecule has 1 aromatic heterocycles. The molecule has 214 valence electrons. The Morgan fingerprint density at radius 1 is 0.974 bits per heavy atom. The molecule has 1 fully saturated rings. The number of aromatic nitrogens is 1. The van der Waals surface area contributed by atoms with E-state index < -0.39 is 45.2 Å². The largest absolute Gasteiger partial charge is 0.462 e. The number of esters is 1. The summed E-state index contributed by atoms with van der Waals surface area (Å²) in [6, 6.07) is 4.93. The lowest BCUT2D eigenvalue weighted by atomic mass is 10.2. The number of rotatable bonds is 10. The summed E-state index contributed by atoms with van der Waals surface area (Å²) >= 11 is 1.12. The Kier molecular flexibility index (Phi) is 10.6. The van der Waals surface area contributed by atoms with Crippen LogP contribution in [0, 0.1) is 0 Å². The van der Waals surface area contributed by atoms with Gasteiger partial charge in [0.05, 0.1) is 35.6 Å². The highest BCUT2D eigenvalue weighted by Crippen LogP contribution is 2.20. The van der Waals surface area contributed by atoms with E-state index in [9.17, 15) is 27.6 Å². The van der Waals surface area contributed by atoms with Gasteiger partial charge in [0.15, 0.2) is 14.6 Å². The second-order valence-electron chi connectivity index (χ2n) is 8.54. The number of carbonyl (C=O) groups is 4. The highest BCUT2D eigenvalue weighted by molar-refractivity contribution is 7.92. The second kappa shape index (κ2) is 13.7. The number of carbonyl (C=O) groups excluding carboxylic acids is 4. The highest BCUT2D eigenvalue weighted by atomic mass is 32.2. The van der Waals surface area contributed by atoms with Crippen molar-refractivity contribution < 1.29 is 41.8 Å². The van der Waals surface area contributed by atoms with Gasteiger partial charge in [-0.15, -0.1) is 0 Å². The van der Waals surface area contributed by atoms with Gasteiger partial charge in [0.1, 0.15) is 11.5 Å². The number of hydrogen-bond donors (Lipinski definition) is 0. The van der Waals surface area contributed by atoms with Crippen LogP contribution in [0.2, 0.25) is 0 Å². The summed E-state index contributed by atoms with van der Waals surface area (Å²) in [5.41, 5.74) is 1.03. The van der Waals surface area contributed by atoms with Crippen molar-refractivity contribution in [3.05, 3.63) is 28.6 Å². The summed E-state index contributed by atoms with van der Waals surface area (Å²) in [6.45, 7) is 5.29. The summed E-state index contributed by atoms with van der Waals surface area (Å²) in [4.78, 5) is 56.3. The van der Waals surface area contributed by atoms with Crippen LogP contribution in [0.3, 0.4) is 0 Å². The number of sulfone groups is 1. The minimum Gasteiger partial charge on any atom is -0.462 e. The van der Waals surface area contributed by atoms with Crippen molar-refractivity contribution in [3.8, 4) is 0 Å². The normalized spacial score (nSPS) is 14.5. The number of thiazole rings is 1. The fourth-order valence-corrected chi connectivity index (χ4v) is 6.12. The average Bonchev–Trinajstić information content (AvgIpc) is 3.22. The zero-order valence-corrected chi connectivity index (χ0v) is 23.7. The van der Waals surface area contributed by atoms with Gasteiger partial charge in [-0.25, -0.2) is 18.0 Å². The lowest BCUT2D eigenvalue weighted by Gasteiger charge is -2.34. The molecule has 1 aromatic carbocycles. The minimum absolute atomic E-state index is 0.167. The van der Waals surface area contributed by atoms with Crippen LogP contribution in [-0.4, -0.2) is 111 Å². The van der Waals surface area contributed by atoms with Gasteiger partial charge in [0, 0.05) is 39.8 Å². The van der Waals surface area contributed by atoms with E-state index in [2.05, 4.69) is 4.99 Å². The van der Waals surface area contributed by atoms with Crippen LogP contribution in [0.15, 0.2) is 23.2 Å². The van der Waals surface area contributed by atoms with Gasteiger partial charge in [0.2, 0.25) is 5.91 Å². The van der Waals surface area contributed by atoms with E-state index in [0.29, 0.717) is 28.9 Å². The molecular weight excluding hydrogens is 552 g/mol. The maximum absolute atomic E-state index is 12.7. The molecule has 0 radical (unpaired) electrons. The topological polar surface area (TPSA) is 154 Å². The Hall–Kier alpha value is -3.30. The molecular formula is C24H32N4O9S2. The zero-order valence-electron chi connectivity index (χ0n) is 22.1. The fraction of sp³-hybridized carbons (Fsp3) is 0.542. The average molecular weight is 585 g/mol. The molecule has 0 unspecified atom stereocenters. The highest BCUT2D eigenvalue weighted by Gasteiger charge is 2.29. The Morgan fingerprint density at radius 2 is 1.64 bits per heavy atom. The van der Waals surface area contributed by atoms with E-state index in [1.54, 1.807) is 36.6 Å². The number of nitrogens with zero attached hydrogens (tertiary/aromatic N) is 4. The lowest BCUT2D eigenvalue weighted by Crippen LogP contribution is -2.52. The molecule has 0 aliphatic carbocycles. The molecule has 3 amide bonds. The first-order valence-corrected chi connectivity index (χ1v) is 15.0. The van der Waals surface area contributed by atoms with E-state index >= 15 is 0 Å². The molecule has 15 heteroatoms.